The molecule has 1 unspecified atom stereocenters. The molecule has 0 saturated carbocycles. The average Bonchev–Trinajstić information content (AvgIpc) is 3.06. The number of carbonyl (C=O) groups excluding carboxylic acids is 1. The van der Waals surface area contributed by atoms with Crippen LogP contribution >= 0.6 is 0 Å². The summed E-state index contributed by atoms with van der Waals surface area (Å²) in [6, 6.07) is 6.00. The average molecular weight is 271 g/mol. The number of anilines is 1. The van der Waals surface area contributed by atoms with E-state index in [0.717, 1.165) is 18.5 Å². The van der Waals surface area contributed by atoms with Crippen molar-refractivity contribution in [3.8, 4) is 0 Å². The molecular formula is C14H17N5O. The first-order chi connectivity index (χ1) is 9.72. The van der Waals surface area contributed by atoms with E-state index in [-0.39, 0.29) is 11.9 Å². The molecule has 1 amide bonds. The first kappa shape index (κ1) is 12.7. The van der Waals surface area contributed by atoms with E-state index in [4.69, 9.17) is 5.73 Å². The Balaban J connectivity index is 1.58. The Morgan fingerprint density at radius 1 is 1.50 bits per heavy atom. The number of hydrogen-bond donors (Lipinski definition) is 2. The molecule has 0 saturated heterocycles. The van der Waals surface area contributed by atoms with Crippen LogP contribution in [0.3, 0.4) is 0 Å². The van der Waals surface area contributed by atoms with Gasteiger partial charge in [-0.15, -0.1) is 5.10 Å². The third-order valence-electron chi connectivity index (χ3n) is 3.62. The standard InChI is InChI=1S/C14H17N5O/c15-11-2-3-12-10(9-11)1-4-13(12)17-14(20)5-7-19-8-6-16-18-19/h2-3,6,8-9,13H,1,4-5,7,15H2,(H,17,20). The van der Waals surface area contributed by atoms with Crippen molar-refractivity contribution in [2.45, 2.75) is 31.8 Å². The summed E-state index contributed by atoms with van der Waals surface area (Å²) in [4.78, 5) is 12.0. The molecule has 2 aromatic rings. The number of fused-ring (bicyclic) bond motifs is 1. The van der Waals surface area contributed by atoms with Gasteiger partial charge in [0.15, 0.2) is 0 Å². The van der Waals surface area contributed by atoms with Crippen LogP contribution in [0.15, 0.2) is 30.6 Å². The van der Waals surface area contributed by atoms with Gasteiger partial charge >= 0.3 is 0 Å². The molecule has 0 radical (unpaired) electrons. The van der Waals surface area contributed by atoms with Crippen LogP contribution in [0.4, 0.5) is 5.69 Å². The third-order valence-corrected chi connectivity index (χ3v) is 3.62. The number of nitrogens with two attached hydrogens (primary N) is 1. The maximum Gasteiger partial charge on any atom is 0.222 e. The summed E-state index contributed by atoms with van der Waals surface area (Å²) in [6.45, 7) is 0.549. The molecule has 1 atom stereocenters. The van der Waals surface area contributed by atoms with E-state index in [1.807, 2.05) is 18.2 Å². The minimum Gasteiger partial charge on any atom is -0.399 e. The fourth-order valence-electron chi connectivity index (χ4n) is 2.62. The highest BCUT2D eigenvalue weighted by molar-refractivity contribution is 5.76. The van der Waals surface area contributed by atoms with Gasteiger partial charge in [0.1, 0.15) is 0 Å². The molecule has 0 bridgehead atoms. The van der Waals surface area contributed by atoms with E-state index in [2.05, 4.69) is 15.6 Å². The van der Waals surface area contributed by atoms with E-state index < -0.39 is 0 Å². The Hall–Kier alpha value is -2.37. The maximum absolute atomic E-state index is 12.0. The molecule has 0 aliphatic heterocycles. The largest absolute Gasteiger partial charge is 0.399 e. The highest BCUT2D eigenvalue weighted by Gasteiger charge is 2.23. The number of amides is 1. The number of nitrogens with one attached hydrogen (secondary N) is 1. The van der Waals surface area contributed by atoms with Crippen LogP contribution in [0.2, 0.25) is 0 Å². The number of hydrogen-bond acceptors (Lipinski definition) is 4. The van der Waals surface area contributed by atoms with Gasteiger partial charge < -0.3 is 11.1 Å². The fraction of sp³-hybridized carbons (Fsp3) is 0.357. The zero-order chi connectivity index (χ0) is 13.9. The van der Waals surface area contributed by atoms with Gasteiger partial charge in [-0.05, 0) is 36.1 Å². The first-order valence-corrected chi connectivity index (χ1v) is 6.74. The molecule has 1 aliphatic carbocycles. The molecule has 1 aliphatic rings. The highest BCUT2D eigenvalue weighted by atomic mass is 16.1. The number of carbonyl (C=O) groups is 1. The van der Waals surface area contributed by atoms with Crippen molar-refractivity contribution in [1.82, 2.24) is 20.3 Å². The van der Waals surface area contributed by atoms with Crippen molar-refractivity contribution in [2.75, 3.05) is 5.73 Å². The predicted octanol–water partition coefficient (Wildman–Crippen LogP) is 1.05. The molecule has 1 heterocycles. The minimum atomic E-state index is 0.0372. The summed E-state index contributed by atoms with van der Waals surface area (Å²) >= 11 is 0. The van der Waals surface area contributed by atoms with Gasteiger partial charge in [-0.1, -0.05) is 11.3 Å². The van der Waals surface area contributed by atoms with Gasteiger partial charge in [-0.25, -0.2) is 0 Å². The molecular weight excluding hydrogens is 254 g/mol. The fourth-order valence-corrected chi connectivity index (χ4v) is 2.62. The van der Waals surface area contributed by atoms with Crippen molar-refractivity contribution >= 4 is 11.6 Å². The van der Waals surface area contributed by atoms with Gasteiger partial charge in [0.05, 0.1) is 18.8 Å². The summed E-state index contributed by atoms with van der Waals surface area (Å²) in [5.74, 6) is 0.0372. The molecule has 104 valence electrons. The van der Waals surface area contributed by atoms with Crippen LogP contribution in [0.5, 0.6) is 0 Å². The lowest BCUT2D eigenvalue weighted by molar-refractivity contribution is -0.122. The van der Waals surface area contributed by atoms with Crippen LogP contribution in [-0.4, -0.2) is 20.9 Å². The van der Waals surface area contributed by atoms with Crippen LogP contribution in [0.1, 0.15) is 30.0 Å². The Labute approximate surface area is 117 Å². The van der Waals surface area contributed by atoms with Crippen LogP contribution < -0.4 is 11.1 Å². The van der Waals surface area contributed by atoms with Crippen molar-refractivity contribution < 1.29 is 4.79 Å². The molecule has 0 fully saturated rings. The molecule has 1 aromatic heterocycles. The second-order valence-electron chi connectivity index (χ2n) is 5.03. The Kier molecular flexibility index (Phi) is 3.37. The van der Waals surface area contributed by atoms with E-state index in [0.29, 0.717) is 13.0 Å². The lowest BCUT2D eigenvalue weighted by atomic mass is 10.1. The van der Waals surface area contributed by atoms with Gasteiger partial charge in [0.25, 0.3) is 0 Å². The summed E-state index contributed by atoms with van der Waals surface area (Å²) in [5, 5.41) is 10.6. The van der Waals surface area contributed by atoms with Crippen molar-refractivity contribution in [3.05, 3.63) is 41.7 Å². The molecule has 3 N–H and O–H groups in total. The lowest BCUT2D eigenvalue weighted by Crippen LogP contribution is -2.28. The van der Waals surface area contributed by atoms with Crippen LogP contribution in [0.25, 0.3) is 0 Å². The minimum absolute atomic E-state index is 0.0372. The molecule has 6 heteroatoms. The monoisotopic (exact) mass is 271 g/mol. The molecule has 1 aromatic carbocycles. The molecule has 20 heavy (non-hydrogen) atoms. The third kappa shape index (κ3) is 2.64. The van der Waals surface area contributed by atoms with Gasteiger partial charge in [-0.2, -0.15) is 0 Å². The van der Waals surface area contributed by atoms with Gasteiger partial charge in [0.2, 0.25) is 5.91 Å². The van der Waals surface area contributed by atoms with Crippen LogP contribution in [0, 0.1) is 0 Å². The van der Waals surface area contributed by atoms with E-state index in [1.165, 1.54) is 11.1 Å². The molecule has 0 spiro atoms. The topological polar surface area (TPSA) is 85.8 Å². The van der Waals surface area contributed by atoms with Crippen molar-refractivity contribution in [3.63, 3.8) is 0 Å². The van der Waals surface area contributed by atoms with E-state index in [1.54, 1.807) is 17.1 Å². The number of aryl methyl sites for hydroxylation is 2. The van der Waals surface area contributed by atoms with Gasteiger partial charge in [0, 0.05) is 18.3 Å². The summed E-state index contributed by atoms with van der Waals surface area (Å²) in [6.07, 6.45) is 5.67. The molecule has 3 rings (SSSR count). The number of rotatable bonds is 4. The first-order valence-electron chi connectivity index (χ1n) is 6.74. The Bertz CT molecular complexity index is 608. The van der Waals surface area contributed by atoms with Gasteiger partial charge in [-0.3, -0.25) is 9.48 Å². The zero-order valence-electron chi connectivity index (χ0n) is 11.1. The quantitative estimate of drug-likeness (QED) is 0.814. The molecule has 6 nitrogen and oxygen atoms in total. The van der Waals surface area contributed by atoms with Crippen molar-refractivity contribution in [2.24, 2.45) is 0 Å². The number of benzene rings is 1. The Morgan fingerprint density at radius 3 is 3.20 bits per heavy atom. The van der Waals surface area contributed by atoms with E-state index in [9.17, 15) is 4.79 Å². The maximum atomic E-state index is 12.0. The number of nitrogens with zero attached hydrogens (tertiary/aromatic N) is 3. The second kappa shape index (κ2) is 5.32. The summed E-state index contributed by atoms with van der Waals surface area (Å²) in [7, 11) is 0. The number of aromatic nitrogens is 3. The predicted molar refractivity (Wildman–Crippen MR) is 74.7 cm³/mol. The lowest BCUT2D eigenvalue weighted by Gasteiger charge is -2.14. The second-order valence-corrected chi connectivity index (χ2v) is 5.03. The SMILES string of the molecule is Nc1ccc2c(c1)CCC2NC(=O)CCn1ccnn1. The zero-order valence-corrected chi connectivity index (χ0v) is 11.1. The number of nitrogen functional groups attached to an aromatic ring is 1. The summed E-state index contributed by atoms with van der Waals surface area (Å²) < 4.78 is 1.66. The Morgan fingerprint density at radius 2 is 2.40 bits per heavy atom. The van der Waals surface area contributed by atoms with Crippen molar-refractivity contribution in [1.29, 1.82) is 0 Å². The smallest absolute Gasteiger partial charge is 0.222 e. The normalized spacial score (nSPS) is 16.9. The van der Waals surface area contributed by atoms with Crippen LogP contribution in [-0.2, 0) is 17.8 Å². The highest BCUT2D eigenvalue weighted by Crippen LogP contribution is 2.32. The summed E-state index contributed by atoms with van der Waals surface area (Å²) in [5.41, 5.74) is 8.99. The van der Waals surface area contributed by atoms with E-state index >= 15 is 0 Å².